The molecule has 2 aromatic carbocycles. The van der Waals surface area contributed by atoms with Crippen molar-refractivity contribution in [2.45, 2.75) is 12.1 Å². The lowest BCUT2D eigenvalue weighted by Crippen LogP contribution is -2.58. The number of carboxylic acids is 1. The number of halogens is 1. The van der Waals surface area contributed by atoms with Gasteiger partial charge in [-0.05, 0) is 42.0 Å². The van der Waals surface area contributed by atoms with Crippen LogP contribution in [-0.2, 0) is 11.3 Å². The Labute approximate surface area is 172 Å². The van der Waals surface area contributed by atoms with Crippen LogP contribution in [0.3, 0.4) is 0 Å². The minimum absolute atomic E-state index is 0.258. The topological polar surface area (TPSA) is 93.7 Å². The van der Waals surface area contributed by atoms with Gasteiger partial charge in [0.2, 0.25) is 0 Å². The number of nitrogens with zero attached hydrogens (tertiary/aromatic N) is 1. The highest BCUT2D eigenvalue weighted by atomic mass is 19.1. The quantitative estimate of drug-likeness (QED) is 0.613. The number of carbonyl (C=O) groups excluding carboxylic acids is 1. The number of benzene rings is 2. The summed E-state index contributed by atoms with van der Waals surface area (Å²) in [5, 5.41) is 16.9. The number of amides is 2. The number of carbonyl (C=O) groups is 2. The highest BCUT2D eigenvalue weighted by Gasteiger charge is 2.47. The smallest absolute Gasteiger partial charge is 0.338 e. The van der Waals surface area contributed by atoms with E-state index in [0.29, 0.717) is 17.0 Å². The molecule has 1 atom stereocenters. The Bertz CT molecular complexity index is 1060. The van der Waals surface area contributed by atoms with Gasteiger partial charge < -0.3 is 21.2 Å². The van der Waals surface area contributed by atoms with E-state index < -0.39 is 17.5 Å². The number of hydrogen-bond acceptors (Lipinski definition) is 4. The summed E-state index contributed by atoms with van der Waals surface area (Å²) in [5.41, 5.74) is 3.63. The monoisotopic (exact) mass is 406 g/mol. The normalized spacial score (nSPS) is 19.3. The van der Waals surface area contributed by atoms with Gasteiger partial charge in [0.1, 0.15) is 5.82 Å². The molecule has 7 nitrogen and oxygen atoms in total. The van der Waals surface area contributed by atoms with Crippen LogP contribution in [0.25, 0.3) is 0 Å². The molecule has 0 aromatic heterocycles. The fourth-order valence-electron chi connectivity index (χ4n) is 3.40. The van der Waals surface area contributed by atoms with Crippen LogP contribution in [0, 0.1) is 5.82 Å². The molecule has 8 heteroatoms. The van der Waals surface area contributed by atoms with E-state index in [0.717, 1.165) is 5.56 Å². The van der Waals surface area contributed by atoms with Crippen molar-refractivity contribution >= 4 is 17.7 Å². The van der Waals surface area contributed by atoms with Gasteiger partial charge in [-0.15, -0.1) is 0 Å². The van der Waals surface area contributed by atoms with Gasteiger partial charge in [0.25, 0.3) is 0 Å². The van der Waals surface area contributed by atoms with Gasteiger partial charge in [0, 0.05) is 18.3 Å². The molecule has 30 heavy (non-hydrogen) atoms. The minimum Gasteiger partial charge on any atom is -0.479 e. The van der Waals surface area contributed by atoms with E-state index in [-0.39, 0.29) is 12.4 Å². The van der Waals surface area contributed by atoms with E-state index >= 15 is 0 Å². The molecule has 4 N–H and O–H groups in total. The van der Waals surface area contributed by atoms with Gasteiger partial charge in [-0.3, -0.25) is 5.01 Å². The van der Waals surface area contributed by atoms with Gasteiger partial charge in [-0.1, -0.05) is 36.4 Å². The Hall–Kier alpha value is -4.07. The van der Waals surface area contributed by atoms with E-state index in [1.54, 1.807) is 29.3 Å². The predicted molar refractivity (Wildman–Crippen MR) is 110 cm³/mol. The molecule has 1 unspecified atom stereocenters. The zero-order valence-electron chi connectivity index (χ0n) is 15.8. The van der Waals surface area contributed by atoms with Crippen LogP contribution >= 0.6 is 0 Å². The number of hydrogen-bond donors (Lipinski definition) is 4. The van der Waals surface area contributed by atoms with Crippen molar-refractivity contribution in [3.05, 3.63) is 102 Å². The van der Waals surface area contributed by atoms with Crippen LogP contribution < -0.4 is 21.1 Å². The molecule has 2 aliphatic rings. The maximum Gasteiger partial charge on any atom is 0.338 e. The first kappa shape index (κ1) is 19.3. The van der Waals surface area contributed by atoms with Gasteiger partial charge in [0.15, 0.2) is 5.54 Å². The SMILES string of the molecule is O=C(NCc1ccccc1)NC1(C(=O)O)C=CC=C2C1=CNN2c1ccc(F)cc1. The molecule has 0 spiro atoms. The molecule has 2 amide bonds. The number of allylic oxidation sites excluding steroid dienone is 2. The summed E-state index contributed by atoms with van der Waals surface area (Å²) in [6.07, 6.45) is 6.23. The number of hydrazine groups is 1. The fourth-order valence-corrected chi connectivity index (χ4v) is 3.40. The molecule has 0 saturated heterocycles. The summed E-state index contributed by atoms with van der Waals surface area (Å²) >= 11 is 0. The maximum atomic E-state index is 13.3. The summed E-state index contributed by atoms with van der Waals surface area (Å²) in [7, 11) is 0. The molecule has 1 aliphatic heterocycles. The van der Waals surface area contributed by atoms with E-state index in [4.69, 9.17) is 0 Å². The number of rotatable bonds is 5. The van der Waals surface area contributed by atoms with Crippen molar-refractivity contribution in [1.82, 2.24) is 16.1 Å². The van der Waals surface area contributed by atoms with E-state index in [2.05, 4.69) is 16.1 Å². The molecule has 0 fully saturated rings. The van der Waals surface area contributed by atoms with Crippen molar-refractivity contribution in [3.8, 4) is 0 Å². The molecular weight excluding hydrogens is 387 g/mol. The second-order valence-electron chi connectivity index (χ2n) is 6.82. The molecule has 0 saturated carbocycles. The molecule has 0 bridgehead atoms. The van der Waals surface area contributed by atoms with E-state index in [1.807, 2.05) is 30.3 Å². The van der Waals surface area contributed by atoms with Crippen LogP contribution in [0.1, 0.15) is 5.56 Å². The Kier molecular flexibility index (Phi) is 4.97. The lowest BCUT2D eigenvalue weighted by molar-refractivity contribution is -0.140. The van der Waals surface area contributed by atoms with Crippen LogP contribution in [-0.4, -0.2) is 22.6 Å². The van der Waals surface area contributed by atoms with Crippen LogP contribution in [0.5, 0.6) is 0 Å². The largest absolute Gasteiger partial charge is 0.479 e. The first-order valence-corrected chi connectivity index (χ1v) is 9.25. The second-order valence-corrected chi connectivity index (χ2v) is 6.82. The van der Waals surface area contributed by atoms with Crippen molar-refractivity contribution in [1.29, 1.82) is 0 Å². The first-order chi connectivity index (χ1) is 14.5. The van der Waals surface area contributed by atoms with E-state index in [9.17, 15) is 19.1 Å². The minimum atomic E-state index is -1.76. The fraction of sp³-hybridized carbons (Fsp3) is 0.0909. The second kappa shape index (κ2) is 7.75. The van der Waals surface area contributed by atoms with Crippen molar-refractivity contribution in [2.24, 2.45) is 0 Å². The van der Waals surface area contributed by atoms with Gasteiger partial charge in [-0.2, -0.15) is 0 Å². The van der Waals surface area contributed by atoms with Crippen LogP contribution in [0.15, 0.2) is 90.3 Å². The standard InChI is InChI=1S/C22H19FN4O3/c23-16-8-10-17(11-9-16)27-19-7-4-12-22(20(28)29,18(19)14-25-27)26-21(30)24-13-15-5-2-1-3-6-15/h1-12,14,25H,13H2,(H,28,29)(H2,24,26,30). The molecule has 1 aliphatic carbocycles. The third-order valence-corrected chi connectivity index (χ3v) is 4.91. The lowest BCUT2D eigenvalue weighted by Gasteiger charge is -2.33. The summed E-state index contributed by atoms with van der Waals surface area (Å²) in [6, 6.07) is 14.5. The first-order valence-electron chi connectivity index (χ1n) is 9.25. The summed E-state index contributed by atoms with van der Waals surface area (Å²) in [6.45, 7) is 0.258. The Balaban J connectivity index is 1.54. The van der Waals surface area contributed by atoms with Crippen molar-refractivity contribution in [2.75, 3.05) is 5.01 Å². The predicted octanol–water partition coefficient (Wildman–Crippen LogP) is 2.81. The highest BCUT2D eigenvalue weighted by Crippen LogP contribution is 2.36. The number of fused-ring (bicyclic) bond motifs is 1. The number of anilines is 1. The Morgan fingerprint density at radius 1 is 1.10 bits per heavy atom. The number of aliphatic carboxylic acids is 1. The molecule has 4 rings (SSSR count). The van der Waals surface area contributed by atoms with Gasteiger partial charge >= 0.3 is 12.0 Å². The molecular formula is C22H19FN4O3. The molecule has 1 heterocycles. The van der Waals surface area contributed by atoms with Gasteiger partial charge in [-0.25, -0.2) is 14.0 Å². The molecule has 0 radical (unpaired) electrons. The zero-order chi connectivity index (χ0) is 21.1. The summed E-state index contributed by atoms with van der Waals surface area (Å²) < 4.78 is 13.3. The Morgan fingerprint density at radius 3 is 2.53 bits per heavy atom. The van der Waals surface area contributed by atoms with Crippen LogP contribution in [0.2, 0.25) is 0 Å². The van der Waals surface area contributed by atoms with Gasteiger partial charge in [0.05, 0.1) is 11.4 Å². The maximum absolute atomic E-state index is 13.3. The summed E-state index contributed by atoms with van der Waals surface area (Å²) in [5.74, 6) is -1.60. The number of nitrogens with one attached hydrogen (secondary N) is 3. The third-order valence-electron chi connectivity index (χ3n) is 4.91. The Morgan fingerprint density at radius 2 is 1.83 bits per heavy atom. The van der Waals surface area contributed by atoms with Crippen molar-refractivity contribution in [3.63, 3.8) is 0 Å². The number of urea groups is 1. The van der Waals surface area contributed by atoms with Crippen LogP contribution in [0.4, 0.5) is 14.9 Å². The molecule has 152 valence electrons. The zero-order valence-corrected chi connectivity index (χ0v) is 15.8. The summed E-state index contributed by atoms with van der Waals surface area (Å²) in [4.78, 5) is 24.8. The average Bonchev–Trinajstić information content (AvgIpc) is 3.19. The third kappa shape index (κ3) is 3.50. The van der Waals surface area contributed by atoms with E-state index in [1.165, 1.54) is 24.4 Å². The molecule has 2 aromatic rings. The highest BCUT2D eigenvalue weighted by molar-refractivity contribution is 5.94. The van der Waals surface area contributed by atoms with Crippen molar-refractivity contribution < 1.29 is 19.1 Å². The lowest BCUT2D eigenvalue weighted by atomic mass is 9.84. The number of carboxylic acid groups (broad SMARTS) is 1. The average molecular weight is 406 g/mol.